The van der Waals surface area contributed by atoms with Crippen molar-refractivity contribution >= 4 is 33.5 Å². The summed E-state index contributed by atoms with van der Waals surface area (Å²) in [5, 5.41) is 0.786. The zero-order valence-electron chi connectivity index (χ0n) is 17.3. The summed E-state index contributed by atoms with van der Waals surface area (Å²) in [6.07, 6.45) is 9.84. The molecular weight excluding hydrogens is 404 g/mol. The molecule has 1 heterocycles. The van der Waals surface area contributed by atoms with Gasteiger partial charge in [-0.15, -0.1) is 0 Å². The maximum Gasteiger partial charge on any atom is 0.305 e. The summed E-state index contributed by atoms with van der Waals surface area (Å²) in [5.41, 5.74) is 1.25. The van der Waals surface area contributed by atoms with Crippen molar-refractivity contribution in [1.29, 1.82) is 0 Å². The van der Waals surface area contributed by atoms with E-state index >= 15 is 0 Å². The second-order valence-electron chi connectivity index (χ2n) is 7.42. The topological polar surface area (TPSA) is 52.6 Å². The smallest absolute Gasteiger partial charge is 0.305 e. The minimum absolute atomic E-state index is 0.0803. The lowest BCUT2D eigenvalue weighted by Gasteiger charge is -2.08. The van der Waals surface area contributed by atoms with Crippen molar-refractivity contribution in [1.82, 2.24) is 0 Å². The molecule has 1 atom stereocenters. The lowest BCUT2D eigenvalue weighted by atomic mass is 10.1. The highest BCUT2D eigenvalue weighted by Crippen LogP contribution is 2.39. The molecule has 1 fully saturated rings. The van der Waals surface area contributed by atoms with E-state index in [1.165, 1.54) is 24.2 Å². The maximum absolute atomic E-state index is 11.7. The molecule has 2 rings (SSSR count). The van der Waals surface area contributed by atoms with Crippen molar-refractivity contribution < 1.29 is 19.1 Å². The largest absolute Gasteiger partial charge is 0.466 e. The number of ether oxygens (including phenoxy) is 2. The van der Waals surface area contributed by atoms with Gasteiger partial charge >= 0.3 is 11.9 Å². The molecule has 0 radical (unpaired) electrons. The zero-order valence-corrected chi connectivity index (χ0v) is 18.9. The van der Waals surface area contributed by atoms with E-state index in [2.05, 4.69) is 12.1 Å². The van der Waals surface area contributed by atoms with E-state index in [-0.39, 0.29) is 11.9 Å². The quantitative estimate of drug-likeness (QED) is 0.191. The first kappa shape index (κ1) is 24.1. The van der Waals surface area contributed by atoms with E-state index in [4.69, 9.17) is 9.47 Å². The van der Waals surface area contributed by atoms with Gasteiger partial charge in [-0.05, 0) is 56.9 Å². The van der Waals surface area contributed by atoms with Crippen molar-refractivity contribution in [3.8, 4) is 0 Å². The average Bonchev–Trinajstić information content (AvgIpc) is 3.25. The van der Waals surface area contributed by atoms with Crippen molar-refractivity contribution in [3.63, 3.8) is 0 Å². The lowest BCUT2D eigenvalue weighted by Crippen LogP contribution is -2.08. The Morgan fingerprint density at radius 3 is 2.21 bits per heavy atom. The second-order valence-corrected chi connectivity index (χ2v) is 10.2. The molecule has 0 amide bonds. The highest BCUT2D eigenvalue weighted by molar-refractivity contribution is 8.77. The molecule has 0 aliphatic carbocycles. The molecule has 29 heavy (non-hydrogen) atoms. The van der Waals surface area contributed by atoms with Crippen LogP contribution in [0.1, 0.15) is 69.8 Å². The normalized spacial score (nSPS) is 15.9. The molecule has 1 unspecified atom stereocenters. The summed E-state index contributed by atoms with van der Waals surface area (Å²) in [6, 6.07) is 10.2. The van der Waals surface area contributed by atoms with Gasteiger partial charge in [0.25, 0.3) is 0 Å². The van der Waals surface area contributed by atoms with Gasteiger partial charge in [0.15, 0.2) is 0 Å². The van der Waals surface area contributed by atoms with Crippen LogP contribution < -0.4 is 0 Å². The van der Waals surface area contributed by atoms with E-state index in [0.717, 1.165) is 50.2 Å². The molecule has 0 aromatic heterocycles. The fraction of sp³-hybridized carbons (Fsp3) is 0.652. The molecule has 1 aromatic rings. The van der Waals surface area contributed by atoms with Crippen LogP contribution in [0, 0.1) is 0 Å². The van der Waals surface area contributed by atoms with Crippen LogP contribution >= 0.6 is 21.6 Å². The number of benzene rings is 1. The third kappa shape index (κ3) is 12.2. The van der Waals surface area contributed by atoms with Gasteiger partial charge in [-0.25, -0.2) is 0 Å². The number of esters is 2. The van der Waals surface area contributed by atoms with Gasteiger partial charge in [-0.3, -0.25) is 9.59 Å². The molecule has 162 valence electrons. The van der Waals surface area contributed by atoms with E-state index in [1.807, 2.05) is 39.8 Å². The standard InChI is InChI=1S/C23H34O4S2/c24-22(14-6-5-13-21-16-19-28-29-21)26-17-7-2-8-18-27-23(25)15-9-12-20-10-3-1-4-11-20/h1,3-4,10-11,21H,2,5-9,12-19H2. The Hall–Kier alpha value is -1.14. The minimum Gasteiger partial charge on any atom is -0.466 e. The van der Waals surface area contributed by atoms with Gasteiger partial charge < -0.3 is 9.47 Å². The minimum atomic E-state index is -0.123. The predicted octanol–water partition coefficient (Wildman–Crippen LogP) is 5.98. The highest BCUT2D eigenvalue weighted by Gasteiger charge is 2.15. The molecule has 1 aliphatic heterocycles. The Balaban J connectivity index is 1.33. The number of hydrogen-bond acceptors (Lipinski definition) is 6. The van der Waals surface area contributed by atoms with E-state index in [1.54, 1.807) is 0 Å². The fourth-order valence-corrected chi connectivity index (χ4v) is 6.21. The second kappa shape index (κ2) is 15.7. The van der Waals surface area contributed by atoms with Crippen LogP contribution in [0.4, 0.5) is 0 Å². The summed E-state index contributed by atoms with van der Waals surface area (Å²) in [4.78, 5) is 23.4. The molecular formula is C23H34O4S2. The van der Waals surface area contributed by atoms with Crippen LogP contribution in [0.2, 0.25) is 0 Å². The number of hydrogen-bond donors (Lipinski definition) is 0. The first-order valence-corrected chi connectivity index (χ1v) is 13.3. The molecule has 1 aromatic carbocycles. The molecule has 1 saturated heterocycles. The van der Waals surface area contributed by atoms with E-state index in [0.29, 0.717) is 26.1 Å². The summed E-state index contributed by atoms with van der Waals surface area (Å²) in [6.45, 7) is 0.925. The van der Waals surface area contributed by atoms with Gasteiger partial charge in [0.05, 0.1) is 13.2 Å². The molecule has 6 heteroatoms. The van der Waals surface area contributed by atoms with Crippen molar-refractivity contribution in [2.75, 3.05) is 19.0 Å². The molecule has 0 N–H and O–H groups in total. The third-order valence-corrected chi connectivity index (χ3v) is 7.90. The number of aryl methyl sites for hydroxylation is 1. The third-order valence-electron chi connectivity index (χ3n) is 4.89. The Bertz CT molecular complexity index is 574. The van der Waals surface area contributed by atoms with Crippen LogP contribution in [0.5, 0.6) is 0 Å². The van der Waals surface area contributed by atoms with Crippen molar-refractivity contribution in [2.24, 2.45) is 0 Å². The van der Waals surface area contributed by atoms with Gasteiger partial charge in [-0.1, -0.05) is 58.3 Å². The zero-order chi connectivity index (χ0) is 20.6. The fourth-order valence-electron chi connectivity index (χ4n) is 3.18. The average molecular weight is 439 g/mol. The summed E-state index contributed by atoms with van der Waals surface area (Å²) in [7, 11) is 3.96. The van der Waals surface area contributed by atoms with Gasteiger partial charge in [0.1, 0.15) is 0 Å². The SMILES string of the molecule is O=C(CCCCC1CCSS1)OCCCCCOC(=O)CCCc1ccccc1. The predicted molar refractivity (Wildman–Crippen MR) is 122 cm³/mol. The summed E-state index contributed by atoms with van der Waals surface area (Å²) >= 11 is 0. The van der Waals surface area contributed by atoms with E-state index < -0.39 is 0 Å². The number of carbonyl (C=O) groups excluding carboxylic acids is 2. The Morgan fingerprint density at radius 2 is 1.55 bits per heavy atom. The number of unbranched alkanes of at least 4 members (excludes halogenated alkanes) is 3. The lowest BCUT2D eigenvalue weighted by molar-refractivity contribution is -0.144. The van der Waals surface area contributed by atoms with Crippen LogP contribution in [-0.2, 0) is 25.5 Å². The maximum atomic E-state index is 11.7. The van der Waals surface area contributed by atoms with Crippen LogP contribution in [0.15, 0.2) is 30.3 Å². The number of rotatable bonds is 15. The van der Waals surface area contributed by atoms with Gasteiger partial charge in [-0.2, -0.15) is 0 Å². The molecule has 0 spiro atoms. The van der Waals surface area contributed by atoms with Crippen LogP contribution in [-0.4, -0.2) is 36.2 Å². The Kier molecular flexibility index (Phi) is 13.0. The molecule has 1 aliphatic rings. The monoisotopic (exact) mass is 438 g/mol. The molecule has 0 bridgehead atoms. The van der Waals surface area contributed by atoms with E-state index in [9.17, 15) is 9.59 Å². The highest BCUT2D eigenvalue weighted by atomic mass is 33.1. The van der Waals surface area contributed by atoms with Gasteiger partial charge in [0, 0.05) is 23.8 Å². The first-order chi connectivity index (χ1) is 14.2. The van der Waals surface area contributed by atoms with Crippen LogP contribution in [0.25, 0.3) is 0 Å². The van der Waals surface area contributed by atoms with Crippen molar-refractivity contribution in [2.45, 2.75) is 75.9 Å². The summed E-state index contributed by atoms with van der Waals surface area (Å²) < 4.78 is 10.5. The number of carbonyl (C=O) groups is 2. The molecule has 4 nitrogen and oxygen atoms in total. The Labute approximate surface area is 183 Å². The van der Waals surface area contributed by atoms with Crippen molar-refractivity contribution in [3.05, 3.63) is 35.9 Å². The Morgan fingerprint density at radius 1 is 0.862 bits per heavy atom. The first-order valence-electron chi connectivity index (χ1n) is 10.9. The molecule has 0 saturated carbocycles. The van der Waals surface area contributed by atoms with Crippen LogP contribution in [0.3, 0.4) is 0 Å². The van der Waals surface area contributed by atoms with Gasteiger partial charge in [0.2, 0.25) is 0 Å². The summed E-state index contributed by atoms with van der Waals surface area (Å²) in [5.74, 6) is 1.07.